The first-order chi connectivity index (χ1) is 32.0. The molecule has 0 saturated carbocycles. The maximum atomic E-state index is 12.8. The average Bonchev–Trinajstić information content (AvgIpc) is 3.30. The summed E-state index contributed by atoms with van der Waals surface area (Å²) in [6, 6.07) is 0. The highest BCUT2D eigenvalue weighted by molar-refractivity contribution is 5.71. The molecule has 372 valence electrons. The molecule has 0 N–H and O–H groups in total. The number of unbranched alkanes of at least 4 members (excludes halogenated alkanes) is 23. The normalized spacial score (nSPS) is 12.7. The van der Waals surface area contributed by atoms with Crippen LogP contribution >= 0.6 is 0 Å². The summed E-state index contributed by atoms with van der Waals surface area (Å²) in [6.45, 7) is 6.44. The monoisotopic (exact) mass is 905 g/mol. The van der Waals surface area contributed by atoms with Crippen LogP contribution in [0.3, 0.4) is 0 Å². The third-order valence-electron chi connectivity index (χ3n) is 11.4. The molecule has 0 aromatic carbocycles. The van der Waals surface area contributed by atoms with Crippen LogP contribution in [0.4, 0.5) is 0 Å². The van der Waals surface area contributed by atoms with Gasteiger partial charge in [-0.25, -0.2) is 0 Å². The van der Waals surface area contributed by atoms with Gasteiger partial charge < -0.3 is 14.2 Å². The van der Waals surface area contributed by atoms with E-state index in [2.05, 4.69) is 106 Å². The quantitative estimate of drug-likeness (QED) is 0.0262. The Morgan fingerprint density at radius 1 is 0.323 bits per heavy atom. The molecule has 0 aromatic rings. The fourth-order valence-electron chi connectivity index (χ4n) is 7.28. The van der Waals surface area contributed by atoms with Crippen molar-refractivity contribution >= 4 is 17.9 Å². The summed E-state index contributed by atoms with van der Waals surface area (Å²) < 4.78 is 16.8. The van der Waals surface area contributed by atoms with Gasteiger partial charge >= 0.3 is 17.9 Å². The molecule has 65 heavy (non-hydrogen) atoms. The minimum Gasteiger partial charge on any atom is -0.462 e. The second kappa shape index (κ2) is 53.2. The van der Waals surface area contributed by atoms with Gasteiger partial charge in [0.05, 0.1) is 0 Å². The Balaban J connectivity index is 4.43. The first-order valence-corrected chi connectivity index (χ1v) is 27.1. The zero-order valence-electron chi connectivity index (χ0n) is 42.5. The SMILES string of the molecule is CC/C=C\C/C=C\C/C=C\C/C=C\CCCCC(=O)OC[C@H](COC(=O)CCCCCCCCCCC/C=C\C/C=C\CCCCC)OC(=O)CCCCCCC/C=C\CCCCCC. The van der Waals surface area contributed by atoms with Crippen molar-refractivity contribution < 1.29 is 28.6 Å². The van der Waals surface area contributed by atoms with Crippen molar-refractivity contribution in [2.24, 2.45) is 0 Å². The summed E-state index contributed by atoms with van der Waals surface area (Å²) in [6.07, 6.45) is 68.5. The number of hydrogen-bond donors (Lipinski definition) is 0. The number of carbonyl (C=O) groups excluding carboxylic acids is 3. The summed E-state index contributed by atoms with van der Waals surface area (Å²) in [5.74, 6) is -0.950. The Morgan fingerprint density at radius 3 is 1.02 bits per heavy atom. The molecule has 0 aliphatic heterocycles. The molecule has 0 fully saturated rings. The molecular formula is C59H100O6. The molecule has 0 unspecified atom stereocenters. The minimum absolute atomic E-state index is 0.0955. The zero-order valence-corrected chi connectivity index (χ0v) is 42.5. The lowest BCUT2D eigenvalue weighted by atomic mass is 10.1. The lowest BCUT2D eigenvalue weighted by molar-refractivity contribution is -0.167. The number of ether oxygens (including phenoxy) is 3. The molecule has 0 aromatic heterocycles. The Bertz CT molecular complexity index is 1270. The number of hydrogen-bond acceptors (Lipinski definition) is 6. The van der Waals surface area contributed by atoms with E-state index in [0.29, 0.717) is 19.3 Å². The van der Waals surface area contributed by atoms with Crippen LogP contribution in [0.15, 0.2) is 85.1 Å². The van der Waals surface area contributed by atoms with Crippen molar-refractivity contribution in [3.63, 3.8) is 0 Å². The highest BCUT2D eigenvalue weighted by atomic mass is 16.6. The maximum Gasteiger partial charge on any atom is 0.306 e. The Hall–Kier alpha value is -3.41. The molecule has 0 saturated heterocycles. The molecule has 0 radical (unpaired) electrons. The zero-order chi connectivity index (χ0) is 47.2. The van der Waals surface area contributed by atoms with Gasteiger partial charge in [0, 0.05) is 19.3 Å². The summed E-state index contributed by atoms with van der Waals surface area (Å²) in [4.78, 5) is 38.0. The van der Waals surface area contributed by atoms with Gasteiger partial charge in [-0.15, -0.1) is 0 Å². The molecule has 0 spiro atoms. The van der Waals surface area contributed by atoms with Crippen molar-refractivity contribution in [2.75, 3.05) is 13.2 Å². The van der Waals surface area contributed by atoms with Crippen LogP contribution in [0.5, 0.6) is 0 Å². The van der Waals surface area contributed by atoms with E-state index in [9.17, 15) is 14.4 Å². The van der Waals surface area contributed by atoms with Gasteiger partial charge in [-0.3, -0.25) is 14.4 Å². The van der Waals surface area contributed by atoms with Gasteiger partial charge in [0.2, 0.25) is 0 Å². The fourth-order valence-corrected chi connectivity index (χ4v) is 7.28. The lowest BCUT2D eigenvalue weighted by Gasteiger charge is -2.18. The second-order valence-corrected chi connectivity index (χ2v) is 17.7. The third-order valence-corrected chi connectivity index (χ3v) is 11.4. The van der Waals surface area contributed by atoms with Crippen molar-refractivity contribution in [1.29, 1.82) is 0 Å². The van der Waals surface area contributed by atoms with E-state index < -0.39 is 6.10 Å². The third kappa shape index (κ3) is 51.4. The van der Waals surface area contributed by atoms with E-state index in [1.807, 2.05) is 0 Å². The van der Waals surface area contributed by atoms with Crippen LogP contribution < -0.4 is 0 Å². The summed E-state index contributed by atoms with van der Waals surface area (Å²) in [5.41, 5.74) is 0. The minimum atomic E-state index is -0.799. The molecule has 0 rings (SSSR count). The largest absolute Gasteiger partial charge is 0.462 e. The fraction of sp³-hybridized carbons (Fsp3) is 0.712. The summed E-state index contributed by atoms with van der Waals surface area (Å²) in [5, 5.41) is 0. The Labute approximate surface area is 401 Å². The van der Waals surface area contributed by atoms with Gasteiger partial charge in [0.25, 0.3) is 0 Å². The number of allylic oxidation sites excluding steroid dienone is 14. The van der Waals surface area contributed by atoms with Gasteiger partial charge in [0.1, 0.15) is 13.2 Å². The molecule has 1 atom stereocenters. The highest BCUT2D eigenvalue weighted by Crippen LogP contribution is 2.14. The van der Waals surface area contributed by atoms with E-state index in [4.69, 9.17) is 14.2 Å². The van der Waals surface area contributed by atoms with Gasteiger partial charge in [-0.1, -0.05) is 202 Å². The Morgan fingerprint density at radius 2 is 0.600 bits per heavy atom. The van der Waals surface area contributed by atoms with Gasteiger partial charge in [-0.05, 0) is 116 Å². The van der Waals surface area contributed by atoms with Crippen molar-refractivity contribution in [3.05, 3.63) is 85.1 Å². The van der Waals surface area contributed by atoms with E-state index in [0.717, 1.165) is 103 Å². The second-order valence-electron chi connectivity index (χ2n) is 17.7. The molecule has 0 aliphatic carbocycles. The van der Waals surface area contributed by atoms with Crippen molar-refractivity contribution in [2.45, 2.75) is 258 Å². The number of carbonyl (C=O) groups is 3. The predicted octanol–water partition coefficient (Wildman–Crippen LogP) is 18.0. The molecule has 0 heterocycles. The number of rotatable bonds is 48. The predicted molar refractivity (Wildman–Crippen MR) is 279 cm³/mol. The van der Waals surface area contributed by atoms with Crippen LogP contribution in [-0.2, 0) is 28.6 Å². The highest BCUT2D eigenvalue weighted by Gasteiger charge is 2.19. The molecule has 0 bridgehead atoms. The maximum absolute atomic E-state index is 12.8. The molecule has 6 nitrogen and oxygen atoms in total. The van der Waals surface area contributed by atoms with Crippen molar-refractivity contribution in [3.8, 4) is 0 Å². The van der Waals surface area contributed by atoms with Gasteiger partial charge in [0.15, 0.2) is 6.10 Å². The number of esters is 3. The lowest BCUT2D eigenvalue weighted by Crippen LogP contribution is -2.30. The van der Waals surface area contributed by atoms with E-state index in [-0.39, 0.29) is 31.1 Å². The topological polar surface area (TPSA) is 78.9 Å². The standard InChI is InChI=1S/C59H100O6/c1-4-7-10-13-16-19-22-25-27-28-29-30-32-35-37-40-43-46-49-52-58(61)64-55-56(65-59(62)53-50-47-44-41-38-33-24-21-18-15-12-9-6-3)54-63-57(60)51-48-45-42-39-36-34-31-26-23-20-17-14-11-8-5-2/h8,11,16-17,19-21,24-27,31,36,39,56H,4-7,9-10,12-15,18,22-23,28-30,32-35,37-38,40-55H2,1-3H3/b11-8-,19-16-,20-17-,24-21-,27-25-,31-26-,39-36-/t56-/m1/s1. The van der Waals surface area contributed by atoms with Crippen LogP contribution in [0.2, 0.25) is 0 Å². The first kappa shape index (κ1) is 61.6. The van der Waals surface area contributed by atoms with E-state index in [1.54, 1.807) is 0 Å². The molecule has 0 amide bonds. The smallest absolute Gasteiger partial charge is 0.306 e. The molecule has 6 heteroatoms. The van der Waals surface area contributed by atoms with Crippen LogP contribution in [0.25, 0.3) is 0 Å². The van der Waals surface area contributed by atoms with Gasteiger partial charge in [-0.2, -0.15) is 0 Å². The van der Waals surface area contributed by atoms with Crippen LogP contribution in [-0.4, -0.2) is 37.2 Å². The van der Waals surface area contributed by atoms with E-state index >= 15 is 0 Å². The molecule has 0 aliphatic rings. The molecular weight excluding hydrogens is 805 g/mol. The first-order valence-electron chi connectivity index (χ1n) is 27.1. The Kier molecular flexibility index (Phi) is 50.4. The van der Waals surface area contributed by atoms with Crippen LogP contribution in [0.1, 0.15) is 252 Å². The van der Waals surface area contributed by atoms with Crippen molar-refractivity contribution in [1.82, 2.24) is 0 Å². The van der Waals surface area contributed by atoms with Crippen LogP contribution in [0, 0.1) is 0 Å². The average molecular weight is 905 g/mol. The summed E-state index contributed by atoms with van der Waals surface area (Å²) in [7, 11) is 0. The summed E-state index contributed by atoms with van der Waals surface area (Å²) >= 11 is 0. The van der Waals surface area contributed by atoms with E-state index in [1.165, 1.54) is 109 Å².